The van der Waals surface area contributed by atoms with Crippen LogP contribution >= 0.6 is 0 Å². The van der Waals surface area contributed by atoms with Gasteiger partial charge in [0, 0.05) is 30.4 Å². The fourth-order valence-electron chi connectivity index (χ4n) is 4.08. The largest absolute Gasteiger partial charge is 0.394 e. The summed E-state index contributed by atoms with van der Waals surface area (Å²) in [6, 6.07) is 10.1. The van der Waals surface area contributed by atoms with Crippen molar-refractivity contribution in [2.24, 2.45) is 0 Å². The molecule has 1 aromatic carbocycles. The van der Waals surface area contributed by atoms with E-state index in [-0.39, 0.29) is 24.6 Å². The van der Waals surface area contributed by atoms with Crippen LogP contribution in [0.3, 0.4) is 0 Å². The minimum absolute atomic E-state index is 0.00679. The van der Waals surface area contributed by atoms with Gasteiger partial charge in [-0.3, -0.25) is 4.79 Å². The van der Waals surface area contributed by atoms with Crippen molar-refractivity contribution in [1.82, 2.24) is 20.0 Å². The molecule has 1 aliphatic rings. The first-order valence-corrected chi connectivity index (χ1v) is 10.1. The lowest BCUT2D eigenvalue weighted by molar-refractivity contribution is -0.117. The molecule has 3 heterocycles. The summed E-state index contributed by atoms with van der Waals surface area (Å²) in [5.41, 5.74) is 4.71. The summed E-state index contributed by atoms with van der Waals surface area (Å²) in [4.78, 5) is 18.7. The molecule has 2 unspecified atom stereocenters. The number of carbonyl (C=O) groups excluding carboxylic acids is 1. The van der Waals surface area contributed by atoms with Crippen molar-refractivity contribution < 1.29 is 9.90 Å². The third kappa shape index (κ3) is 3.91. The van der Waals surface area contributed by atoms with Gasteiger partial charge in [0.25, 0.3) is 0 Å². The number of hydrogen-bond acceptors (Lipinski definition) is 6. The smallest absolute Gasteiger partial charge is 0.224 e. The summed E-state index contributed by atoms with van der Waals surface area (Å²) in [6.45, 7) is 6.11. The van der Waals surface area contributed by atoms with Crippen LogP contribution in [0.4, 0.5) is 11.5 Å². The van der Waals surface area contributed by atoms with Crippen molar-refractivity contribution in [3.63, 3.8) is 0 Å². The number of nitrogens with one attached hydrogen (secondary N) is 1. The molecule has 8 nitrogen and oxygen atoms in total. The van der Waals surface area contributed by atoms with Crippen LogP contribution < -0.4 is 10.2 Å². The molecule has 0 aliphatic carbocycles. The van der Waals surface area contributed by atoms with Crippen LogP contribution in [0.25, 0.3) is 11.3 Å². The average molecular weight is 406 g/mol. The Morgan fingerprint density at radius 2 is 2.13 bits per heavy atom. The van der Waals surface area contributed by atoms with E-state index in [9.17, 15) is 4.79 Å². The van der Waals surface area contributed by atoms with E-state index in [0.717, 1.165) is 40.3 Å². The van der Waals surface area contributed by atoms with Crippen molar-refractivity contribution in [1.29, 1.82) is 0 Å². The van der Waals surface area contributed by atoms with Crippen molar-refractivity contribution >= 4 is 17.4 Å². The van der Waals surface area contributed by atoms with E-state index in [1.165, 1.54) is 0 Å². The van der Waals surface area contributed by atoms with Crippen LogP contribution in [-0.4, -0.2) is 43.6 Å². The Kier molecular flexibility index (Phi) is 5.50. The zero-order valence-electron chi connectivity index (χ0n) is 17.4. The fourth-order valence-corrected chi connectivity index (χ4v) is 4.08. The number of benzene rings is 1. The van der Waals surface area contributed by atoms with Crippen molar-refractivity contribution in [2.45, 2.75) is 45.8 Å². The number of anilines is 2. The summed E-state index contributed by atoms with van der Waals surface area (Å²) in [6.07, 6.45) is 4.38. The van der Waals surface area contributed by atoms with E-state index in [2.05, 4.69) is 33.6 Å². The minimum Gasteiger partial charge on any atom is -0.394 e. The Morgan fingerprint density at radius 1 is 1.30 bits per heavy atom. The predicted octanol–water partition coefficient (Wildman–Crippen LogP) is 2.94. The topological polar surface area (TPSA) is 96.2 Å². The SMILES string of the molecule is CC(=O)N1c2ccc(-c3cn(CCO)nn3)cc2C(Nc2cc(C)ccn2)CC1C. The lowest BCUT2D eigenvalue weighted by Crippen LogP contribution is -2.43. The molecule has 0 saturated carbocycles. The van der Waals surface area contributed by atoms with Crippen LogP contribution in [0.5, 0.6) is 0 Å². The second-order valence-corrected chi connectivity index (χ2v) is 7.75. The van der Waals surface area contributed by atoms with Crippen molar-refractivity contribution in [2.75, 3.05) is 16.8 Å². The maximum absolute atomic E-state index is 12.4. The molecule has 1 aliphatic heterocycles. The molecule has 0 radical (unpaired) electrons. The summed E-state index contributed by atoms with van der Waals surface area (Å²) < 4.78 is 1.62. The van der Waals surface area contributed by atoms with Crippen LogP contribution in [0.2, 0.25) is 0 Å². The normalized spacial score (nSPS) is 18.2. The number of aliphatic hydroxyl groups is 1. The number of nitrogens with zero attached hydrogens (tertiary/aromatic N) is 5. The molecule has 1 amide bonds. The van der Waals surface area contributed by atoms with Gasteiger partial charge < -0.3 is 15.3 Å². The second-order valence-electron chi connectivity index (χ2n) is 7.75. The maximum atomic E-state index is 12.4. The molecule has 8 heteroatoms. The van der Waals surface area contributed by atoms with Crippen molar-refractivity contribution in [3.05, 3.63) is 53.9 Å². The van der Waals surface area contributed by atoms with Crippen molar-refractivity contribution in [3.8, 4) is 11.3 Å². The number of aliphatic hydroxyl groups excluding tert-OH is 1. The van der Waals surface area contributed by atoms with E-state index in [1.807, 2.05) is 42.3 Å². The number of hydrogen-bond donors (Lipinski definition) is 2. The fraction of sp³-hybridized carbons (Fsp3) is 0.364. The number of rotatable bonds is 5. The molecule has 2 aromatic heterocycles. The van der Waals surface area contributed by atoms with E-state index >= 15 is 0 Å². The third-order valence-electron chi connectivity index (χ3n) is 5.42. The van der Waals surface area contributed by atoms with Gasteiger partial charge in [0.05, 0.1) is 25.4 Å². The highest BCUT2D eigenvalue weighted by Crippen LogP contribution is 2.40. The van der Waals surface area contributed by atoms with Gasteiger partial charge in [0.15, 0.2) is 0 Å². The number of aryl methyl sites for hydroxylation is 1. The van der Waals surface area contributed by atoms with E-state index in [4.69, 9.17) is 5.11 Å². The minimum atomic E-state index is 0.00679. The van der Waals surface area contributed by atoms with Gasteiger partial charge in [-0.1, -0.05) is 11.3 Å². The molecule has 30 heavy (non-hydrogen) atoms. The molecular weight excluding hydrogens is 380 g/mol. The van der Waals surface area contributed by atoms with Gasteiger partial charge >= 0.3 is 0 Å². The molecule has 0 bridgehead atoms. The average Bonchev–Trinajstić information content (AvgIpc) is 3.16. The molecule has 156 valence electrons. The van der Waals surface area contributed by atoms with Gasteiger partial charge in [0.2, 0.25) is 5.91 Å². The highest BCUT2D eigenvalue weighted by atomic mass is 16.3. The van der Waals surface area contributed by atoms with Crippen LogP contribution in [-0.2, 0) is 11.3 Å². The second kappa shape index (κ2) is 8.23. The Morgan fingerprint density at radius 3 is 2.87 bits per heavy atom. The maximum Gasteiger partial charge on any atom is 0.224 e. The monoisotopic (exact) mass is 406 g/mol. The highest BCUT2D eigenvalue weighted by molar-refractivity contribution is 5.94. The molecule has 4 rings (SSSR count). The first-order valence-electron chi connectivity index (χ1n) is 10.1. The first-order chi connectivity index (χ1) is 14.5. The van der Waals surface area contributed by atoms with E-state index in [1.54, 1.807) is 17.8 Å². The third-order valence-corrected chi connectivity index (χ3v) is 5.42. The molecular formula is C22H26N6O2. The summed E-state index contributed by atoms with van der Waals surface area (Å²) in [7, 11) is 0. The predicted molar refractivity (Wildman–Crippen MR) is 115 cm³/mol. The zero-order chi connectivity index (χ0) is 21.3. The Labute approximate surface area is 175 Å². The standard InChI is InChI=1S/C22H26N6O2/c1-14-6-7-23-22(10-14)24-19-11-15(2)28(16(3)30)21-5-4-17(12-18(19)21)20-13-27(8-9-29)26-25-20/h4-7,10,12-13,15,19,29H,8-9,11H2,1-3H3,(H,23,24). The Balaban J connectivity index is 1.74. The van der Waals surface area contributed by atoms with Gasteiger partial charge in [-0.15, -0.1) is 5.10 Å². The Bertz CT molecular complexity index is 1060. The molecule has 0 spiro atoms. The van der Waals surface area contributed by atoms with Crippen LogP contribution in [0.1, 0.15) is 37.4 Å². The van der Waals surface area contributed by atoms with Crippen LogP contribution in [0.15, 0.2) is 42.7 Å². The first kappa shape index (κ1) is 20.0. The van der Waals surface area contributed by atoms with Gasteiger partial charge in [0.1, 0.15) is 11.5 Å². The van der Waals surface area contributed by atoms with E-state index in [0.29, 0.717) is 6.54 Å². The molecule has 3 aromatic rings. The Hall–Kier alpha value is -3.26. The van der Waals surface area contributed by atoms with Gasteiger partial charge in [-0.25, -0.2) is 9.67 Å². The summed E-state index contributed by atoms with van der Waals surface area (Å²) in [5, 5.41) is 21.0. The zero-order valence-corrected chi connectivity index (χ0v) is 17.4. The lowest BCUT2D eigenvalue weighted by atomic mass is 9.89. The van der Waals surface area contributed by atoms with Gasteiger partial charge in [-0.05, 0) is 55.7 Å². The number of aromatic nitrogens is 4. The number of pyridine rings is 1. The molecule has 0 fully saturated rings. The quantitative estimate of drug-likeness (QED) is 0.676. The summed E-state index contributed by atoms with van der Waals surface area (Å²) in [5.74, 6) is 0.839. The van der Waals surface area contributed by atoms with Gasteiger partial charge in [-0.2, -0.15) is 0 Å². The van der Waals surface area contributed by atoms with E-state index < -0.39 is 0 Å². The molecule has 0 saturated heterocycles. The highest BCUT2D eigenvalue weighted by Gasteiger charge is 2.33. The number of amides is 1. The number of fused-ring (bicyclic) bond motifs is 1. The lowest BCUT2D eigenvalue weighted by Gasteiger charge is -2.39. The summed E-state index contributed by atoms with van der Waals surface area (Å²) >= 11 is 0. The molecule has 2 N–H and O–H groups in total. The number of carbonyl (C=O) groups is 1. The van der Waals surface area contributed by atoms with Crippen LogP contribution in [0, 0.1) is 6.92 Å². The molecule has 2 atom stereocenters.